The van der Waals surface area contributed by atoms with Crippen LogP contribution in [0.4, 0.5) is 5.69 Å². The summed E-state index contributed by atoms with van der Waals surface area (Å²) in [5, 5.41) is 0.491. The molecule has 2 aromatic rings. The monoisotopic (exact) mass is 278 g/mol. The highest BCUT2D eigenvalue weighted by molar-refractivity contribution is 7.99. The van der Waals surface area contributed by atoms with Crippen LogP contribution in [0.3, 0.4) is 0 Å². The van der Waals surface area contributed by atoms with E-state index in [0.29, 0.717) is 21.4 Å². The molecule has 6 heteroatoms. The van der Waals surface area contributed by atoms with Gasteiger partial charge in [-0.3, -0.25) is 0 Å². The maximum Gasteiger partial charge on any atom is 0.339 e. The van der Waals surface area contributed by atoms with Gasteiger partial charge in [0.1, 0.15) is 5.76 Å². The van der Waals surface area contributed by atoms with Crippen molar-refractivity contribution in [3.8, 4) is 0 Å². The summed E-state index contributed by atoms with van der Waals surface area (Å²) < 4.78 is 10.2. The number of esters is 1. The average Bonchev–Trinajstić information content (AvgIpc) is 2.69. The molecule has 0 aliphatic heterocycles. The van der Waals surface area contributed by atoms with Crippen LogP contribution in [0.15, 0.2) is 32.7 Å². The summed E-state index contributed by atoms with van der Waals surface area (Å²) in [6.45, 7) is 3.71. The summed E-state index contributed by atoms with van der Waals surface area (Å²) in [6, 6.07) is 5.05. The van der Waals surface area contributed by atoms with Crippen LogP contribution in [-0.4, -0.2) is 18.1 Å². The molecule has 0 aliphatic carbocycles. The Morgan fingerprint density at radius 2 is 2.16 bits per heavy atom. The minimum absolute atomic E-state index is 0.404. The molecule has 2 N–H and O–H groups in total. The molecule has 0 saturated carbocycles. The minimum Gasteiger partial charge on any atom is -0.465 e. The van der Waals surface area contributed by atoms with Crippen LogP contribution in [0.1, 0.15) is 21.8 Å². The Hall–Kier alpha value is -1.95. The molecule has 1 heterocycles. The summed E-state index contributed by atoms with van der Waals surface area (Å²) in [5.74, 6) is 0.326. The van der Waals surface area contributed by atoms with E-state index < -0.39 is 5.97 Å². The third kappa shape index (κ3) is 2.90. The molecule has 19 heavy (non-hydrogen) atoms. The number of methoxy groups -OCH3 is 1. The van der Waals surface area contributed by atoms with Gasteiger partial charge < -0.3 is 14.9 Å². The van der Waals surface area contributed by atoms with E-state index in [0.717, 1.165) is 11.5 Å². The Balaban J connectivity index is 2.36. The second kappa shape index (κ2) is 5.36. The van der Waals surface area contributed by atoms with Crippen molar-refractivity contribution in [2.45, 2.75) is 24.0 Å². The molecule has 2 rings (SSSR count). The molecular formula is C13H14N2O3S. The zero-order valence-electron chi connectivity index (χ0n) is 10.9. The van der Waals surface area contributed by atoms with Gasteiger partial charge in [-0.1, -0.05) is 0 Å². The molecule has 0 fully saturated rings. The number of hydrogen-bond donors (Lipinski definition) is 1. The molecule has 0 spiro atoms. The number of benzene rings is 1. The molecule has 0 radical (unpaired) electrons. The molecule has 0 atom stereocenters. The normalized spacial score (nSPS) is 10.5. The van der Waals surface area contributed by atoms with Crippen molar-refractivity contribution in [1.29, 1.82) is 0 Å². The summed E-state index contributed by atoms with van der Waals surface area (Å²) in [5.41, 5.74) is 7.42. The number of hydrogen-bond acceptors (Lipinski definition) is 6. The number of carbonyl (C=O) groups excluding carboxylic acids is 1. The highest BCUT2D eigenvalue weighted by Gasteiger charge is 2.16. The van der Waals surface area contributed by atoms with Gasteiger partial charge in [0.25, 0.3) is 5.22 Å². The molecule has 1 aromatic carbocycles. The van der Waals surface area contributed by atoms with Crippen LogP contribution in [0.2, 0.25) is 0 Å². The van der Waals surface area contributed by atoms with Crippen LogP contribution in [0.25, 0.3) is 0 Å². The van der Waals surface area contributed by atoms with Gasteiger partial charge in [-0.15, -0.1) is 0 Å². The lowest BCUT2D eigenvalue weighted by Gasteiger charge is -2.06. The van der Waals surface area contributed by atoms with Crippen molar-refractivity contribution in [3.05, 3.63) is 35.2 Å². The maximum absolute atomic E-state index is 11.7. The fourth-order valence-electron chi connectivity index (χ4n) is 1.49. The average molecular weight is 278 g/mol. The van der Waals surface area contributed by atoms with E-state index in [4.69, 9.17) is 14.9 Å². The summed E-state index contributed by atoms with van der Waals surface area (Å²) in [7, 11) is 1.33. The quantitative estimate of drug-likeness (QED) is 0.687. The highest BCUT2D eigenvalue weighted by atomic mass is 32.2. The molecule has 0 unspecified atom stereocenters. The van der Waals surface area contributed by atoms with Crippen LogP contribution >= 0.6 is 11.8 Å². The zero-order chi connectivity index (χ0) is 14.0. The first kappa shape index (κ1) is 13.5. The van der Waals surface area contributed by atoms with Crippen molar-refractivity contribution < 1.29 is 13.9 Å². The number of nitrogen functional groups attached to an aromatic ring is 1. The van der Waals surface area contributed by atoms with Crippen LogP contribution in [0, 0.1) is 13.8 Å². The van der Waals surface area contributed by atoms with Crippen LogP contribution in [-0.2, 0) is 4.74 Å². The summed E-state index contributed by atoms with van der Waals surface area (Å²) in [6.07, 6.45) is 0. The van der Waals surface area contributed by atoms with E-state index in [2.05, 4.69) is 4.98 Å². The molecule has 0 bridgehead atoms. The lowest BCUT2D eigenvalue weighted by Crippen LogP contribution is -2.04. The number of rotatable bonds is 3. The Labute approximate surface area is 115 Å². The van der Waals surface area contributed by atoms with Crippen molar-refractivity contribution >= 4 is 23.4 Å². The second-order valence-corrected chi connectivity index (χ2v) is 4.96. The lowest BCUT2D eigenvalue weighted by molar-refractivity contribution is 0.0597. The Morgan fingerprint density at radius 1 is 1.42 bits per heavy atom. The van der Waals surface area contributed by atoms with E-state index >= 15 is 0 Å². The third-order valence-electron chi connectivity index (χ3n) is 2.62. The second-order valence-electron chi connectivity index (χ2n) is 3.97. The molecule has 0 saturated heterocycles. The first-order valence-electron chi connectivity index (χ1n) is 5.61. The predicted molar refractivity (Wildman–Crippen MR) is 72.3 cm³/mol. The molecule has 0 aliphatic rings. The predicted octanol–water partition coefficient (Wildman–Crippen LogP) is 2.81. The van der Waals surface area contributed by atoms with Gasteiger partial charge in [0.05, 0.1) is 18.4 Å². The number of nitrogens with zero attached hydrogens (tertiary/aromatic N) is 1. The topological polar surface area (TPSA) is 78.4 Å². The first-order valence-corrected chi connectivity index (χ1v) is 6.42. The zero-order valence-corrected chi connectivity index (χ0v) is 11.7. The summed E-state index contributed by atoms with van der Waals surface area (Å²) >= 11 is 1.27. The fraction of sp³-hybridized carbons (Fsp3) is 0.231. The van der Waals surface area contributed by atoms with E-state index in [1.54, 1.807) is 18.2 Å². The number of anilines is 1. The van der Waals surface area contributed by atoms with Gasteiger partial charge in [-0.2, -0.15) is 0 Å². The van der Waals surface area contributed by atoms with E-state index in [-0.39, 0.29) is 0 Å². The number of nitrogens with two attached hydrogens (primary N) is 1. The molecule has 1 aromatic heterocycles. The van der Waals surface area contributed by atoms with Crippen LogP contribution < -0.4 is 5.73 Å². The number of oxazole rings is 1. The molecule has 0 amide bonds. The molecule has 100 valence electrons. The third-order valence-corrected chi connectivity index (χ3v) is 3.54. The first-order chi connectivity index (χ1) is 9.01. The van der Waals surface area contributed by atoms with Crippen molar-refractivity contribution in [2.75, 3.05) is 12.8 Å². The van der Waals surface area contributed by atoms with Crippen molar-refractivity contribution in [2.24, 2.45) is 0 Å². The van der Waals surface area contributed by atoms with Gasteiger partial charge >= 0.3 is 5.97 Å². The number of aryl methyl sites for hydroxylation is 2. The molecular weight excluding hydrogens is 264 g/mol. The van der Waals surface area contributed by atoms with E-state index in [1.807, 2.05) is 13.8 Å². The maximum atomic E-state index is 11.7. The number of aromatic nitrogens is 1. The van der Waals surface area contributed by atoms with Gasteiger partial charge in [0.15, 0.2) is 0 Å². The Kier molecular flexibility index (Phi) is 3.80. The Bertz CT molecular complexity index is 603. The van der Waals surface area contributed by atoms with Gasteiger partial charge in [0.2, 0.25) is 0 Å². The van der Waals surface area contributed by atoms with E-state index in [9.17, 15) is 4.79 Å². The number of ether oxygens (including phenoxy) is 1. The standard InChI is InChI=1S/C13H14N2O3S/c1-7-8(2)18-13(15-7)19-11-5-4-9(14)6-10(11)12(16)17-3/h4-6H,14H2,1-3H3. The van der Waals surface area contributed by atoms with Gasteiger partial charge in [-0.05, 0) is 43.8 Å². The van der Waals surface area contributed by atoms with E-state index in [1.165, 1.54) is 18.9 Å². The van der Waals surface area contributed by atoms with Gasteiger partial charge in [-0.25, -0.2) is 9.78 Å². The minimum atomic E-state index is -0.435. The highest BCUT2D eigenvalue weighted by Crippen LogP contribution is 2.32. The number of carbonyl (C=O) groups is 1. The van der Waals surface area contributed by atoms with Crippen molar-refractivity contribution in [3.63, 3.8) is 0 Å². The van der Waals surface area contributed by atoms with Crippen LogP contribution in [0.5, 0.6) is 0 Å². The summed E-state index contributed by atoms with van der Waals surface area (Å²) in [4.78, 5) is 16.7. The Morgan fingerprint density at radius 3 is 2.74 bits per heavy atom. The largest absolute Gasteiger partial charge is 0.465 e. The smallest absolute Gasteiger partial charge is 0.339 e. The fourth-order valence-corrected chi connectivity index (χ4v) is 2.41. The SMILES string of the molecule is COC(=O)c1cc(N)ccc1Sc1nc(C)c(C)o1. The van der Waals surface area contributed by atoms with Crippen molar-refractivity contribution in [1.82, 2.24) is 4.98 Å². The lowest BCUT2D eigenvalue weighted by atomic mass is 10.2. The molecule has 5 nitrogen and oxygen atoms in total. The van der Waals surface area contributed by atoms with Gasteiger partial charge in [0, 0.05) is 10.6 Å².